The largest absolute Gasteiger partial charge is 0.465 e. The van der Waals surface area contributed by atoms with Gasteiger partial charge in [-0.1, -0.05) is 42.1 Å². The lowest BCUT2D eigenvalue weighted by molar-refractivity contribution is -0.119. The van der Waals surface area contributed by atoms with Crippen LogP contribution in [0, 0.1) is 0 Å². The molecule has 0 saturated carbocycles. The van der Waals surface area contributed by atoms with Crippen molar-refractivity contribution in [3.63, 3.8) is 0 Å². The van der Waals surface area contributed by atoms with Gasteiger partial charge in [-0.15, -0.1) is 0 Å². The van der Waals surface area contributed by atoms with Gasteiger partial charge in [0.1, 0.15) is 17.2 Å². The highest BCUT2D eigenvalue weighted by molar-refractivity contribution is 8.14. The summed E-state index contributed by atoms with van der Waals surface area (Å²) in [5, 5.41) is 3.20. The second-order valence-electron chi connectivity index (χ2n) is 7.44. The molecule has 1 unspecified atom stereocenters. The Morgan fingerprint density at radius 2 is 1.89 bits per heavy atom. The molecule has 1 N–H and O–H groups in total. The predicted octanol–water partition coefficient (Wildman–Crippen LogP) is 5.24. The Morgan fingerprint density at radius 3 is 2.54 bits per heavy atom. The number of amidine groups is 1. The van der Waals surface area contributed by atoms with Gasteiger partial charge in [-0.3, -0.25) is 14.5 Å². The summed E-state index contributed by atoms with van der Waals surface area (Å²) in [6.45, 7) is -1.07. The summed E-state index contributed by atoms with van der Waals surface area (Å²) < 4.78 is 34.6. The molecular formula is C25H21F2N3O4S. The van der Waals surface area contributed by atoms with Crippen LogP contribution in [0.1, 0.15) is 24.3 Å². The average Bonchev–Trinajstić information content (AvgIpc) is 3.47. The first-order chi connectivity index (χ1) is 16.9. The highest BCUT2D eigenvalue weighted by atomic mass is 32.2. The van der Waals surface area contributed by atoms with Crippen molar-refractivity contribution in [1.82, 2.24) is 5.32 Å². The first-order valence-electron chi connectivity index (χ1n) is 10.6. The van der Waals surface area contributed by atoms with Gasteiger partial charge in [0.25, 0.3) is 5.91 Å². The van der Waals surface area contributed by atoms with Crippen molar-refractivity contribution < 1.29 is 27.5 Å². The molecule has 0 radical (unpaired) electrons. The number of carbonyl (C=O) groups is 2. The topological polar surface area (TPSA) is 84.1 Å². The van der Waals surface area contributed by atoms with Crippen LogP contribution in [-0.2, 0) is 9.59 Å². The summed E-state index contributed by atoms with van der Waals surface area (Å²) in [6, 6.07) is 18.3. The standard InChI is InChI=1S/C25H21F2N3O4S/c1-16(17-6-3-2-4-7-17)28-22(31)15-35-25-29-21(14-20-8-5-13-33-20)23(32)30(25)18-9-11-19(12-10-18)34-24(26)27/h2-14,16,24H,15H2,1H3,(H,28,31). The normalized spacial score (nSPS) is 15.4. The van der Waals surface area contributed by atoms with Gasteiger partial charge in [0.2, 0.25) is 5.91 Å². The maximum absolute atomic E-state index is 13.1. The molecule has 0 spiro atoms. The highest BCUT2D eigenvalue weighted by Crippen LogP contribution is 2.31. The monoisotopic (exact) mass is 497 g/mol. The third-order valence-corrected chi connectivity index (χ3v) is 5.92. The molecule has 180 valence electrons. The number of halogens is 2. The van der Waals surface area contributed by atoms with Gasteiger partial charge in [0.05, 0.1) is 23.7 Å². The minimum absolute atomic E-state index is 0.0143. The van der Waals surface area contributed by atoms with E-state index >= 15 is 0 Å². The van der Waals surface area contributed by atoms with Crippen LogP contribution in [0.3, 0.4) is 0 Å². The predicted molar refractivity (Wildman–Crippen MR) is 130 cm³/mol. The van der Waals surface area contributed by atoms with E-state index in [-0.39, 0.29) is 34.3 Å². The van der Waals surface area contributed by atoms with E-state index in [1.165, 1.54) is 41.5 Å². The molecule has 7 nitrogen and oxygen atoms in total. The van der Waals surface area contributed by atoms with E-state index in [4.69, 9.17) is 4.42 Å². The van der Waals surface area contributed by atoms with E-state index < -0.39 is 12.5 Å². The maximum Gasteiger partial charge on any atom is 0.387 e. The van der Waals surface area contributed by atoms with Crippen molar-refractivity contribution in [2.75, 3.05) is 10.7 Å². The summed E-state index contributed by atoms with van der Waals surface area (Å²) in [5.74, 6) is -0.254. The Kier molecular flexibility index (Phi) is 7.61. The van der Waals surface area contributed by atoms with E-state index in [0.717, 1.165) is 17.3 Å². The minimum Gasteiger partial charge on any atom is -0.465 e. The van der Waals surface area contributed by atoms with Gasteiger partial charge in [-0.2, -0.15) is 8.78 Å². The van der Waals surface area contributed by atoms with E-state index in [9.17, 15) is 18.4 Å². The molecule has 0 aliphatic carbocycles. The number of hydrogen-bond acceptors (Lipinski definition) is 6. The zero-order valence-electron chi connectivity index (χ0n) is 18.6. The molecule has 2 aromatic carbocycles. The summed E-state index contributed by atoms with van der Waals surface area (Å²) >= 11 is 1.09. The number of ether oxygens (including phenoxy) is 1. The number of nitrogens with one attached hydrogen (secondary N) is 1. The number of nitrogens with zero attached hydrogens (tertiary/aromatic N) is 2. The Morgan fingerprint density at radius 1 is 1.14 bits per heavy atom. The Labute approximate surface area is 204 Å². The van der Waals surface area contributed by atoms with Crippen LogP contribution in [0.25, 0.3) is 6.08 Å². The first kappa shape index (κ1) is 24.2. The molecule has 1 atom stereocenters. The number of anilines is 1. The number of hydrogen-bond donors (Lipinski definition) is 1. The second kappa shape index (κ2) is 11.0. The van der Waals surface area contributed by atoms with Crippen LogP contribution >= 0.6 is 11.8 Å². The number of aliphatic imine (C=N–C) groups is 1. The molecule has 0 saturated heterocycles. The van der Waals surface area contributed by atoms with Crippen LogP contribution in [0.4, 0.5) is 14.5 Å². The van der Waals surface area contributed by atoms with Gasteiger partial charge < -0.3 is 14.5 Å². The lowest BCUT2D eigenvalue weighted by Gasteiger charge is -2.19. The van der Waals surface area contributed by atoms with Crippen molar-refractivity contribution in [3.05, 3.63) is 90.0 Å². The van der Waals surface area contributed by atoms with Gasteiger partial charge in [0, 0.05) is 6.08 Å². The molecule has 1 aromatic heterocycles. The van der Waals surface area contributed by atoms with Crippen molar-refractivity contribution in [3.8, 4) is 5.75 Å². The van der Waals surface area contributed by atoms with Crippen molar-refractivity contribution >= 4 is 40.5 Å². The van der Waals surface area contributed by atoms with E-state index in [0.29, 0.717) is 11.4 Å². The van der Waals surface area contributed by atoms with E-state index in [1.54, 1.807) is 12.1 Å². The number of furan rings is 1. The summed E-state index contributed by atoms with van der Waals surface area (Å²) in [6.07, 6.45) is 2.97. The fourth-order valence-electron chi connectivity index (χ4n) is 3.34. The molecule has 2 amide bonds. The highest BCUT2D eigenvalue weighted by Gasteiger charge is 2.32. The lowest BCUT2D eigenvalue weighted by Crippen LogP contribution is -2.33. The zero-order valence-corrected chi connectivity index (χ0v) is 19.4. The van der Waals surface area contributed by atoms with Crippen LogP contribution < -0.4 is 15.0 Å². The molecule has 0 bridgehead atoms. The fourth-order valence-corrected chi connectivity index (χ4v) is 4.17. The second-order valence-corrected chi connectivity index (χ2v) is 8.38. The summed E-state index contributed by atoms with van der Waals surface area (Å²) in [7, 11) is 0. The third kappa shape index (κ3) is 6.15. The smallest absolute Gasteiger partial charge is 0.387 e. The SMILES string of the molecule is CC(NC(=O)CSC1=NC(=Cc2ccco2)C(=O)N1c1ccc(OC(F)F)cc1)c1ccccc1. The molecule has 10 heteroatoms. The number of alkyl halides is 2. The van der Waals surface area contributed by atoms with Crippen LogP contribution in [0.5, 0.6) is 5.75 Å². The zero-order chi connectivity index (χ0) is 24.8. The first-order valence-corrected chi connectivity index (χ1v) is 11.6. The number of rotatable bonds is 8. The van der Waals surface area contributed by atoms with Crippen LogP contribution in [-0.4, -0.2) is 29.3 Å². The molecule has 1 aliphatic rings. The molecule has 35 heavy (non-hydrogen) atoms. The fraction of sp³-hybridized carbons (Fsp3) is 0.160. The quantitative estimate of drug-likeness (QED) is 0.431. The molecule has 1 aliphatic heterocycles. The molecule has 0 fully saturated rings. The Bertz CT molecular complexity index is 1230. The van der Waals surface area contributed by atoms with Crippen molar-refractivity contribution in [2.45, 2.75) is 19.6 Å². The van der Waals surface area contributed by atoms with Gasteiger partial charge in [0.15, 0.2) is 5.17 Å². The molecular weight excluding hydrogens is 476 g/mol. The lowest BCUT2D eigenvalue weighted by atomic mass is 10.1. The summed E-state index contributed by atoms with van der Waals surface area (Å²) in [5.41, 5.74) is 1.48. The molecule has 2 heterocycles. The third-order valence-electron chi connectivity index (χ3n) is 4.98. The summed E-state index contributed by atoms with van der Waals surface area (Å²) in [4.78, 5) is 31.5. The minimum atomic E-state index is -2.96. The Hall–Kier alpha value is -3.92. The number of amides is 2. The number of carbonyl (C=O) groups excluding carboxylic acids is 2. The van der Waals surface area contributed by atoms with E-state index in [2.05, 4.69) is 15.0 Å². The number of thioether (sulfide) groups is 1. The molecule has 3 aromatic rings. The van der Waals surface area contributed by atoms with E-state index in [1.807, 2.05) is 37.3 Å². The van der Waals surface area contributed by atoms with Crippen LogP contribution in [0.15, 0.2) is 88.1 Å². The van der Waals surface area contributed by atoms with Crippen molar-refractivity contribution in [1.29, 1.82) is 0 Å². The maximum atomic E-state index is 13.1. The Balaban J connectivity index is 1.51. The van der Waals surface area contributed by atoms with Gasteiger partial charge in [-0.25, -0.2) is 4.99 Å². The average molecular weight is 498 g/mol. The van der Waals surface area contributed by atoms with Crippen LogP contribution in [0.2, 0.25) is 0 Å². The van der Waals surface area contributed by atoms with Crippen molar-refractivity contribution in [2.24, 2.45) is 4.99 Å². The molecule has 4 rings (SSSR count). The van der Waals surface area contributed by atoms with Gasteiger partial charge in [-0.05, 0) is 48.9 Å². The number of benzene rings is 2. The van der Waals surface area contributed by atoms with Gasteiger partial charge >= 0.3 is 6.61 Å².